The van der Waals surface area contributed by atoms with Crippen molar-refractivity contribution in [3.8, 4) is 11.5 Å². The summed E-state index contributed by atoms with van der Waals surface area (Å²) in [4.78, 5) is 39.5. The number of phenols is 1. The molecular weight excluding hydrogens is 515 g/mol. The smallest absolute Gasteiger partial charge is 0.335 e. The molecule has 1 fully saturated rings. The number of aromatic hydroxyl groups is 1. The van der Waals surface area contributed by atoms with Gasteiger partial charge in [0.1, 0.15) is 23.7 Å². The second-order valence-corrected chi connectivity index (χ2v) is 9.02. The van der Waals surface area contributed by atoms with Crippen LogP contribution in [-0.2, 0) is 16.2 Å². The third kappa shape index (κ3) is 4.87. The maximum Gasteiger partial charge on any atom is 0.335 e. The Bertz CT molecular complexity index is 1600. The van der Waals surface area contributed by atoms with Gasteiger partial charge in [0.15, 0.2) is 0 Å². The number of carbonyl (C=O) groups is 3. The van der Waals surface area contributed by atoms with Gasteiger partial charge in [-0.05, 0) is 64.9 Å². The number of benzene rings is 4. The SMILES string of the molecule is O=C1NC(=O)N(c2ccc(O)cc2)C(=O)/C1=C/c1c(OCc2ccc(Cl)c(Cl)c2)ccc2ccccc12. The van der Waals surface area contributed by atoms with E-state index in [9.17, 15) is 19.5 Å². The third-order valence-corrected chi connectivity index (χ3v) is 6.55. The van der Waals surface area contributed by atoms with E-state index in [0.717, 1.165) is 21.2 Å². The van der Waals surface area contributed by atoms with E-state index in [1.807, 2.05) is 30.3 Å². The lowest BCUT2D eigenvalue weighted by Gasteiger charge is -2.26. The van der Waals surface area contributed by atoms with Gasteiger partial charge < -0.3 is 9.84 Å². The number of ether oxygens (including phenoxy) is 1. The number of urea groups is 1. The molecular formula is C28H18Cl2N2O5. The van der Waals surface area contributed by atoms with E-state index in [2.05, 4.69) is 5.32 Å². The third-order valence-electron chi connectivity index (χ3n) is 5.81. The number of phenolic OH excluding ortho intramolecular Hbond substituents is 1. The Labute approximate surface area is 221 Å². The van der Waals surface area contributed by atoms with Crippen molar-refractivity contribution in [2.75, 3.05) is 4.90 Å². The molecule has 1 heterocycles. The Morgan fingerprint density at radius 1 is 0.892 bits per heavy atom. The number of barbiturate groups is 1. The molecule has 5 rings (SSSR count). The highest BCUT2D eigenvalue weighted by atomic mass is 35.5. The molecule has 1 saturated heterocycles. The summed E-state index contributed by atoms with van der Waals surface area (Å²) in [6, 6.07) is 20.8. The molecule has 0 aliphatic carbocycles. The maximum absolute atomic E-state index is 13.4. The van der Waals surface area contributed by atoms with Crippen molar-refractivity contribution >= 4 is 63.6 Å². The normalized spacial score (nSPS) is 14.8. The summed E-state index contributed by atoms with van der Waals surface area (Å²) in [6.45, 7) is 0.156. The average Bonchev–Trinajstić information content (AvgIpc) is 2.88. The minimum absolute atomic E-state index is 0.0278. The largest absolute Gasteiger partial charge is 0.508 e. The highest BCUT2D eigenvalue weighted by Gasteiger charge is 2.37. The standard InChI is InChI=1S/C28H18Cl2N2O5/c29-23-11-5-16(13-24(23)30)15-37-25-12-6-17-3-1-2-4-20(17)21(25)14-22-26(34)31-28(36)32(27(22)35)18-7-9-19(33)10-8-18/h1-14,33H,15H2,(H,31,34,36)/b22-14+. The number of imide groups is 2. The van der Waals surface area contributed by atoms with Crippen LogP contribution in [0.1, 0.15) is 11.1 Å². The van der Waals surface area contributed by atoms with Gasteiger partial charge in [0.25, 0.3) is 11.8 Å². The molecule has 4 amide bonds. The zero-order valence-corrected chi connectivity index (χ0v) is 20.6. The molecule has 0 aromatic heterocycles. The molecule has 184 valence electrons. The van der Waals surface area contributed by atoms with E-state index < -0.39 is 17.8 Å². The number of nitrogens with one attached hydrogen (secondary N) is 1. The molecule has 1 aliphatic heterocycles. The van der Waals surface area contributed by atoms with Crippen LogP contribution in [-0.4, -0.2) is 23.0 Å². The van der Waals surface area contributed by atoms with Crippen LogP contribution in [0.4, 0.5) is 10.5 Å². The molecule has 0 radical (unpaired) electrons. The fraction of sp³-hybridized carbons (Fsp3) is 0.0357. The van der Waals surface area contributed by atoms with Crippen LogP contribution < -0.4 is 15.0 Å². The summed E-state index contributed by atoms with van der Waals surface area (Å²) >= 11 is 12.1. The highest BCUT2D eigenvalue weighted by Crippen LogP contribution is 2.33. The Balaban J connectivity index is 1.57. The number of halogens is 2. The lowest BCUT2D eigenvalue weighted by atomic mass is 9.99. The van der Waals surface area contributed by atoms with Gasteiger partial charge in [0.2, 0.25) is 0 Å². The van der Waals surface area contributed by atoms with Crippen LogP contribution in [0.5, 0.6) is 11.5 Å². The number of carbonyl (C=O) groups excluding carboxylic acids is 3. The predicted octanol–water partition coefficient (Wildman–Crippen LogP) is 6.10. The summed E-state index contributed by atoms with van der Waals surface area (Å²) in [5.74, 6) is -1.23. The molecule has 0 bridgehead atoms. The first kappa shape index (κ1) is 24.4. The first-order chi connectivity index (χ1) is 17.8. The minimum Gasteiger partial charge on any atom is -0.508 e. The molecule has 2 N–H and O–H groups in total. The number of hydrogen-bond donors (Lipinski definition) is 2. The van der Waals surface area contributed by atoms with Crippen molar-refractivity contribution in [1.82, 2.24) is 5.32 Å². The number of amides is 4. The first-order valence-corrected chi connectivity index (χ1v) is 11.9. The molecule has 4 aromatic carbocycles. The van der Waals surface area contributed by atoms with Crippen molar-refractivity contribution in [2.24, 2.45) is 0 Å². The highest BCUT2D eigenvalue weighted by molar-refractivity contribution is 6.42. The Morgan fingerprint density at radius 2 is 1.65 bits per heavy atom. The Hall–Kier alpha value is -4.33. The molecule has 1 aliphatic rings. The fourth-order valence-electron chi connectivity index (χ4n) is 3.98. The van der Waals surface area contributed by atoms with Crippen molar-refractivity contribution in [3.05, 3.63) is 106 Å². The van der Waals surface area contributed by atoms with Crippen molar-refractivity contribution in [1.29, 1.82) is 0 Å². The van der Waals surface area contributed by atoms with Crippen molar-refractivity contribution in [3.63, 3.8) is 0 Å². The molecule has 9 heteroatoms. The maximum atomic E-state index is 13.4. The number of nitrogens with zero attached hydrogens (tertiary/aromatic N) is 1. The molecule has 7 nitrogen and oxygen atoms in total. The van der Waals surface area contributed by atoms with Gasteiger partial charge in [-0.25, -0.2) is 9.69 Å². The quantitative estimate of drug-likeness (QED) is 0.239. The van der Waals surface area contributed by atoms with E-state index in [4.69, 9.17) is 27.9 Å². The molecule has 37 heavy (non-hydrogen) atoms. The molecule has 0 spiro atoms. The second-order valence-electron chi connectivity index (χ2n) is 8.21. The zero-order valence-electron chi connectivity index (χ0n) is 19.1. The minimum atomic E-state index is -0.883. The van der Waals surface area contributed by atoms with Crippen LogP contribution in [0.3, 0.4) is 0 Å². The second kappa shape index (κ2) is 9.97. The van der Waals surface area contributed by atoms with Gasteiger partial charge in [-0.1, -0.05) is 59.6 Å². The van der Waals surface area contributed by atoms with Crippen LogP contribution in [0.25, 0.3) is 16.8 Å². The van der Waals surface area contributed by atoms with Gasteiger partial charge >= 0.3 is 6.03 Å². The van der Waals surface area contributed by atoms with Gasteiger partial charge in [0, 0.05) is 5.56 Å². The van der Waals surface area contributed by atoms with Crippen LogP contribution in [0.2, 0.25) is 10.0 Å². The summed E-state index contributed by atoms with van der Waals surface area (Å²) in [6.07, 6.45) is 1.42. The number of fused-ring (bicyclic) bond motifs is 1. The zero-order chi connectivity index (χ0) is 26.1. The lowest BCUT2D eigenvalue weighted by molar-refractivity contribution is -0.122. The fourth-order valence-corrected chi connectivity index (χ4v) is 4.30. The number of anilines is 1. The first-order valence-electron chi connectivity index (χ1n) is 11.1. The number of rotatable bonds is 5. The summed E-state index contributed by atoms with van der Waals surface area (Å²) in [5, 5.41) is 14.2. The topological polar surface area (TPSA) is 95.9 Å². The van der Waals surface area contributed by atoms with E-state index in [1.165, 1.54) is 30.3 Å². The van der Waals surface area contributed by atoms with Gasteiger partial charge in [0.05, 0.1) is 15.7 Å². The summed E-state index contributed by atoms with van der Waals surface area (Å²) < 4.78 is 6.09. The van der Waals surface area contributed by atoms with Gasteiger partial charge in [-0.15, -0.1) is 0 Å². The van der Waals surface area contributed by atoms with Crippen LogP contribution in [0.15, 0.2) is 84.4 Å². The molecule has 0 unspecified atom stereocenters. The molecule has 0 atom stereocenters. The van der Waals surface area contributed by atoms with E-state index >= 15 is 0 Å². The number of hydrogen-bond acceptors (Lipinski definition) is 5. The van der Waals surface area contributed by atoms with Gasteiger partial charge in [-0.2, -0.15) is 0 Å². The van der Waals surface area contributed by atoms with E-state index in [1.54, 1.807) is 24.3 Å². The monoisotopic (exact) mass is 532 g/mol. The van der Waals surface area contributed by atoms with Crippen molar-refractivity contribution in [2.45, 2.75) is 6.61 Å². The predicted molar refractivity (Wildman–Crippen MR) is 142 cm³/mol. The van der Waals surface area contributed by atoms with Crippen LogP contribution >= 0.6 is 23.2 Å². The van der Waals surface area contributed by atoms with E-state index in [0.29, 0.717) is 21.4 Å². The Morgan fingerprint density at radius 3 is 2.41 bits per heavy atom. The Kier molecular flexibility index (Phi) is 6.56. The summed E-state index contributed by atoms with van der Waals surface area (Å²) in [5.41, 5.74) is 1.23. The summed E-state index contributed by atoms with van der Waals surface area (Å²) in [7, 11) is 0. The van der Waals surface area contributed by atoms with Crippen molar-refractivity contribution < 1.29 is 24.2 Å². The lowest BCUT2D eigenvalue weighted by Crippen LogP contribution is -2.54. The van der Waals surface area contributed by atoms with Crippen LogP contribution in [0, 0.1) is 0 Å². The molecule has 4 aromatic rings. The average molecular weight is 533 g/mol. The van der Waals surface area contributed by atoms with E-state index in [-0.39, 0.29) is 23.6 Å². The van der Waals surface area contributed by atoms with Gasteiger partial charge in [-0.3, -0.25) is 14.9 Å². The molecule has 0 saturated carbocycles.